The predicted octanol–water partition coefficient (Wildman–Crippen LogP) is 0.578. The molecule has 2 rings (SSSR count). The van der Waals surface area contributed by atoms with Crippen LogP contribution in [0.4, 0.5) is 5.69 Å². The van der Waals surface area contributed by atoms with Gasteiger partial charge in [0.2, 0.25) is 0 Å². The Morgan fingerprint density at radius 1 is 1.58 bits per heavy atom. The monoisotopic (exact) mass is 308 g/mol. The van der Waals surface area contributed by atoms with Crippen LogP contribution >= 0.6 is 12.4 Å². The minimum absolute atomic E-state index is 0. The maximum atomic E-state index is 12.0. The highest BCUT2D eigenvalue weighted by Gasteiger charge is 2.29. The number of nitrogens with zero attached hydrogens (tertiary/aromatic N) is 4. The van der Waals surface area contributed by atoms with E-state index in [-0.39, 0.29) is 18.4 Å². The molecule has 1 saturated heterocycles. The summed E-state index contributed by atoms with van der Waals surface area (Å²) in [6, 6.07) is 0.00273. The van der Waals surface area contributed by atoms with Gasteiger partial charge in [0, 0.05) is 19.8 Å². The summed E-state index contributed by atoms with van der Waals surface area (Å²) in [5, 5.41) is 9.62. The number of aromatic nitrogens is 2. The molecule has 0 aromatic carbocycles. The topological polar surface area (TPSA) is 91.2 Å². The molecular formula is C10H21ClN6OS. The SMILES string of the molecule is CN1CCCC(N(c2cnn(C)c2)S(=N)(N)=O)C1.Cl. The fourth-order valence-electron chi connectivity index (χ4n) is 2.44. The molecule has 2 atom stereocenters. The summed E-state index contributed by atoms with van der Waals surface area (Å²) in [5.41, 5.74) is 0.653. The van der Waals surface area contributed by atoms with Gasteiger partial charge in [0.15, 0.2) is 10.1 Å². The minimum atomic E-state index is -3.27. The molecule has 2 unspecified atom stereocenters. The fraction of sp³-hybridized carbons (Fsp3) is 0.700. The van der Waals surface area contributed by atoms with Gasteiger partial charge in [-0.05, 0) is 26.4 Å². The summed E-state index contributed by atoms with van der Waals surface area (Å²) in [6.07, 6.45) is 5.27. The van der Waals surface area contributed by atoms with Gasteiger partial charge in [0.1, 0.15) is 0 Å². The lowest BCUT2D eigenvalue weighted by Crippen LogP contribution is -2.51. The second-order valence-electron chi connectivity index (χ2n) is 4.82. The Morgan fingerprint density at radius 2 is 2.26 bits per heavy atom. The predicted molar refractivity (Wildman–Crippen MR) is 78.5 cm³/mol. The van der Waals surface area contributed by atoms with Crippen molar-refractivity contribution >= 4 is 28.2 Å². The Balaban J connectivity index is 0.00000180. The third-order valence-corrected chi connectivity index (χ3v) is 4.26. The van der Waals surface area contributed by atoms with Crippen LogP contribution in [0.5, 0.6) is 0 Å². The van der Waals surface area contributed by atoms with Crippen molar-refractivity contribution in [3.05, 3.63) is 12.4 Å². The molecule has 0 spiro atoms. The summed E-state index contributed by atoms with van der Waals surface area (Å²) in [7, 11) is 0.538. The number of halogens is 1. The average Bonchev–Trinajstić information content (AvgIpc) is 2.62. The van der Waals surface area contributed by atoms with Gasteiger partial charge in [0.25, 0.3) is 0 Å². The molecule has 19 heavy (non-hydrogen) atoms. The van der Waals surface area contributed by atoms with Crippen LogP contribution in [-0.4, -0.2) is 45.1 Å². The second kappa shape index (κ2) is 6.08. The maximum absolute atomic E-state index is 12.0. The lowest BCUT2D eigenvalue weighted by Gasteiger charge is -2.37. The minimum Gasteiger partial charge on any atom is -0.304 e. The van der Waals surface area contributed by atoms with E-state index in [1.165, 1.54) is 4.31 Å². The molecular weight excluding hydrogens is 288 g/mol. The first-order valence-electron chi connectivity index (χ1n) is 5.91. The van der Waals surface area contributed by atoms with Gasteiger partial charge in [-0.3, -0.25) is 8.99 Å². The number of hydrogen-bond acceptors (Lipinski definition) is 4. The lowest BCUT2D eigenvalue weighted by molar-refractivity contribution is 0.253. The van der Waals surface area contributed by atoms with Gasteiger partial charge < -0.3 is 4.90 Å². The number of likely N-dealkylation sites (N-methyl/N-ethyl adjacent to an activating group) is 1. The summed E-state index contributed by atoms with van der Waals surface area (Å²) >= 11 is 0. The summed E-state index contributed by atoms with van der Waals surface area (Å²) in [4.78, 5) is 2.17. The number of anilines is 1. The molecule has 0 amide bonds. The number of nitrogens with one attached hydrogen (secondary N) is 1. The third kappa shape index (κ3) is 3.82. The number of nitrogens with two attached hydrogens (primary N) is 1. The van der Waals surface area contributed by atoms with Crippen molar-refractivity contribution in [1.82, 2.24) is 14.7 Å². The Hall–Kier alpha value is -0.830. The number of hydrogen-bond donors (Lipinski definition) is 2. The van der Waals surface area contributed by atoms with E-state index in [9.17, 15) is 4.21 Å². The zero-order valence-corrected chi connectivity index (χ0v) is 12.8. The molecule has 9 heteroatoms. The summed E-state index contributed by atoms with van der Waals surface area (Å²) in [6.45, 7) is 1.79. The van der Waals surface area contributed by atoms with Crippen molar-refractivity contribution in [2.45, 2.75) is 18.9 Å². The van der Waals surface area contributed by atoms with Crippen LogP contribution in [-0.2, 0) is 17.1 Å². The first-order chi connectivity index (χ1) is 8.38. The van der Waals surface area contributed by atoms with Crippen LogP contribution in [0.1, 0.15) is 12.8 Å². The van der Waals surface area contributed by atoms with Crippen LogP contribution in [0.25, 0.3) is 0 Å². The van der Waals surface area contributed by atoms with Crippen molar-refractivity contribution in [2.24, 2.45) is 12.2 Å². The van der Waals surface area contributed by atoms with E-state index in [0.29, 0.717) is 5.69 Å². The number of rotatable bonds is 3. The molecule has 1 aromatic heterocycles. The second-order valence-corrected chi connectivity index (χ2v) is 6.36. The highest BCUT2D eigenvalue weighted by atomic mass is 35.5. The van der Waals surface area contributed by atoms with E-state index in [1.807, 2.05) is 7.05 Å². The van der Waals surface area contributed by atoms with Crippen molar-refractivity contribution in [3.63, 3.8) is 0 Å². The van der Waals surface area contributed by atoms with Gasteiger partial charge in [-0.15, -0.1) is 12.4 Å². The zero-order valence-electron chi connectivity index (χ0n) is 11.2. The van der Waals surface area contributed by atoms with Gasteiger partial charge in [0.05, 0.1) is 17.9 Å². The smallest absolute Gasteiger partial charge is 0.192 e. The lowest BCUT2D eigenvalue weighted by atomic mass is 10.1. The normalized spacial score (nSPS) is 23.4. The quantitative estimate of drug-likeness (QED) is 0.855. The molecule has 1 aromatic rings. The molecule has 2 heterocycles. The molecule has 0 saturated carbocycles. The van der Waals surface area contributed by atoms with Gasteiger partial charge in [-0.1, -0.05) is 0 Å². The molecule has 1 fully saturated rings. The molecule has 0 bridgehead atoms. The molecule has 110 valence electrons. The van der Waals surface area contributed by atoms with Crippen LogP contribution < -0.4 is 9.44 Å². The van der Waals surface area contributed by atoms with E-state index < -0.39 is 10.1 Å². The standard InChI is InChI=1S/C10H20N6OS.ClH/c1-14-5-3-4-9(7-14)16(18(11,12)17)10-6-13-15(2)8-10;/h6,8-9H,3-5,7H2,1-2H3,(H3,11,12,17);1H. The first kappa shape index (κ1) is 16.2. The van der Waals surface area contributed by atoms with Crippen LogP contribution in [0.3, 0.4) is 0 Å². The highest BCUT2D eigenvalue weighted by Crippen LogP contribution is 2.24. The van der Waals surface area contributed by atoms with E-state index in [0.717, 1.165) is 25.9 Å². The third-order valence-electron chi connectivity index (χ3n) is 3.17. The Bertz CT molecular complexity index is 516. The van der Waals surface area contributed by atoms with Crippen molar-refractivity contribution in [2.75, 3.05) is 24.4 Å². The fourth-order valence-corrected chi connectivity index (χ4v) is 3.46. The van der Waals surface area contributed by atoms with Crippen molar-refractivity contribution < 1.29 is 4.21 Å². The Labute approximate surface area is 120 Å². The van der Waals surface area contributed by atoms with Crippen molar-refractivity contribution in [1.29, 1.82) is 4.78 Å². The summed E-state index contributed by atoms with van der Waals surface area (Å²) < 4.78 is 22.9. The number of piperidine rings is 1. The largest absolute Gasteiger partial charge is 0.304 e. The van der Waals surface area contributed by atoms with Crippen LogP contribution in [0, 0.1) is 4.78 Å². The zero-order chi connectivity index (χ0) is 13.3. The van der Waals surface area contributed by atoms with Gasteiger partial charge in [-0.25, -0.2) is 14.1 Å². The van der Waals surface area contributed by atoms with E-state index >= 15 is 0 Å². The van der Waals surface area contributed by atoms with Crippen molar-refractivity contribution in [3.8, 4) is 0 Å². The Morgan fingerprint density at radius 3 is 2.74 bits per heavy atom. The van der Waals surface area contributed by atoms with Crippen LogP contribution in [0.2, 0.25) is 0 Å². The summed E-state index contributed by atoms with van der Waals surface area (Å²) in [5.74, 6) is 0. The molecule has 0 aliphatic carbocycles. The molecule has 1 aliphatic heterocycles. The highest BCUT2D eigenvalue weighted by molar-refractivity contribution is 7.91. The molecule has 0 radical (unpaired) electrons. The van der Waals surface area contributed by atoms with Gasteiger partial charge in [-0.2, -0.15) is 5.10 Å². The average molecular weight is 309 g/mol. The molecule has 1 aliphatic rings. The number of aryl methyl sites for hydroxylation is 1. The Kier molecular flexibility index (Phi) is 5.19. The number of likely N-dealkylation sites (tertiary alicyclic amines) is 1. The molecule has 3 N–H and O–H groups in total. The van der Waals surface area contributed by atoms with E-state index in [1.54, 1.807) is 24.1 Å². The maximum Gasteiger partial charge on any atom is 0.192 e. The van der Waals surface area contributed by atoms with E-state index in [2.05, 4.69) is 10.00 Å². The first-order valence-corrected chi connectivity index (χ1v) is 7.49. The van der Waals surface area contributed by atoms with E-state index in [4.69, 9.17) is 9.92 Å². The van der Waals surface area contributed by atoms with Crippen LogP contribution in [0.15, 0.2) is 12.4 Å². The molecule has 7 nitrogen and oxygen atoms in total. The van der Waals surface area contributed by atoms with Gasteiger partial charge >= 0.3 is 0 Å².